The first-order valence-electron chi connectivity index (χ1n) is 38.2. The molecule has 0 amide bonds. The highest BCUT2D eigenvalue weighted by molar-refractivity contribution is 14.1. The van der Waals surface area contributed by atoms with E-state index in [0.717, 1.165) is 75.5 Å². The highest BCUT2D eigenvalue weighted by atomic mass is 127. The molecule has 0 atom stereocenters. The van der Waals surface area contributed by atoms with Crippen molar-refractivity contribution in [1.82, 2.24) is 0 Å². The Bertz CT molecular complexity index is 4770. The molecule has 24 nitrogen and oxygen atoms in total. The molecule has 0 radical (unpaired) electrons. The zero-order chi connectivity index (χ0) is 90.6. The van der Waals surface area contributed by atoms with E-state index in [1.54, 1.807) is 66.7 Å². The molecule has 0 heterocycles. The Morgan fingerprint density at radius 1 is 0.280 bits per heavy atom. The van der Waals surface area contributed by atoms with Crippen LogP contribution in [0, 0.1) is 57.9 Å². The largest absolute Gasteiger partial charge is 0.513 e. The molecule has 654 valence electrons. The summed E-state index contributed by atoms with van der Waals surface area (Å²) in [5.41, 5.74) is 11.8. The summed E-state index contributed by atoms with van der Waals surface area (Å²) in [4.78, 5) is 67.3. The number of hydrogen-bond acceptors (Lipinski definition) is 24. The van der Waals surface area contributed by atoms with Crippen molar-refractivity contribution in [3.8, 4) is 69.0 Å². The summed E-state index contributed by atoms with van der Waals surface area (Å²) in [6.07, 6.45) is -4.69. The Morgan fingerprint density at radius 2 is 0.536 bits per heavy atom. The van der Waals surface area contributed by atoms with Crippen molar-refractivity contribution in [1.29, 1.82) is 0 Å². The highest BCUT2D eigenvalue weighted by Crippen LogP contribution is 2.34. The van der Waals surface area contributed by atoms with E-state index in [1.165, 1.54) is 77.5 Å². The third kappa shape index (κ3) is 34.7. The molecule has 0 aliphatic rings. The quantitative estimate of drug-likeness (QED) is 0.0235. The third-order valence-corrected chi connectivity index (χ3v) is 19.3. The minimum absolute atomic E-state index is 0.0535. The minimum Gasteiger partial charge on any atom is -0.489 e. The van der Waals surface area contributed by atoms with Crippen molar-refractivity contribution in [3.05, 3.63) is 352 Å². The van der Waals surface area contributed by atoms with Gasteiger partial charge in [0, 0.05) is 30.3 Å². The maximum atomic E-state index is 13.9. The number of hydrogen-bond donors (Lipinski definition) is 0. The van der Waals surface area contributed by atoms with Crippen LogP contribution in [0.5, 0.6) is 69.0 Å². The van der Waals surface area contributed by atoms with Gasteiger partial charge in [0.05, 0.1) is 58.8 Å². The first-order valence-corrected chi connectivity index (χ1v) is 40.4. The number of benzene rings is 12. The van der Waals surface area contributed by atoms with Crippen LogP contribution in [0.3, 0.4) is 0 Å². The van der Waals surface area contributed by atoms with Crippen LogP contribution in [-0.2, 0) is 68.1 Å². The fraction of sp³-hybridized carbons (Fsp3) is 0.196. The SMILES string of the molecule is COC(=O)Oc1cccc(Br)c1COc1ccc(C)cc1.COC(=O)Oc1cccc(C)c1COc1ccc(C)cc1.COC(=O)Oc1cccc(Cl)c1COc1ccc(C)cc1.COC(=O)Oc1cccc(F)c1COc1ccc(C)cc1.COC(=O)Oc1cccc(I)c1COc1ccc(C)cc1.COC(=O)Oc1ccccc1COc1ccc(C)cc1. The van der Waals surface area contributed by atoms with Crippen LogP contribution in [0.25, 0.3) is 0 Å². The molecule has 12 aromatic rings. The van der Waals surface area contributed by atoms with Crippen LogP contribution in [0.4, 0.5) is 33.2 Å². The van der Waals surface area contributed by atoms with E-state index in [9.17, 15) is 33.2 Å². The molecule has 12 rings (SSSR count). The second kappa shape index (κ2) is 52.7. The average molecular weight is 1910 g/mol. The summed E-state index contributed by atoms with van der Waals surface area (Å²) in [6, 6.07) is 78.8. The number of halogens is 4. The number of para-hydroxylation sites is 1. The summed E-state index contributed by atoms with van der Waals surface area (Å²) in [5.74, 6) is 6.00. The van der Waals surface area contributed by atoms with Gasteiger partial charge in [0.15, 0.2) is 0 Å². The smallest absolute Gasteiger partial charge is 0.489 e. The number of carbonyl (C=O) groups is 6. The lowest BCUT2D eigenvalue weighted by Crippen LogP contribution is -2.10. The van der Waals surface area contributed by atoms with Crippen LogP contribution in [0.2, 0.25) is 5.02 Å². The Labute approximate surface area is 752 Å². The zero-order valence-corrected chi connectivity index (χ0v) is 75.4. The van der Waals surface area contributed by atoms with Crippen LogP contribution < -0.4 is 56.8 Å². The monoisotopic (exact) mass is 1900 g/mol. The molecule has 0 unspecified atom stereocenters. The van der Waals surface area contributed by atoms with Gasteiger partial charge in [-0.1, -0.05) is 188 Å². The van der Waals surface area contributed by atoms with Crippen molar-refractivity contribution >= 4 is 87.1 Å². The summed E-state index contributed by atoms with van der Waals surface area (Å²) >= 11 is 11.7. The Balaban J connectivity index is 0.000000206. The Hall–Kier alpha value is -13.5. The van der Waals surface area contributed by atoms with Gasteiger partial charge in [-0.2, -0.15) is 0 Å². The van der Waals surface area contributed by atoms with E-state index in [4.69, 9.17) is 68.4 Å². The van der Waals surface area contributed by atoms with Gasteiger partial charge in [0.25, 0.3) is 0 Å². The van der Waals surface area contributed by atoms with E-state index < -0.39 is 42.7 Å². The number of methoxy groups -OCH3 is 6. The predicted molar refractivity (Wildman–Crippen MR) is 480 cm³/mol. The van der Waals surface area contributed by atoms with Gasteiger partial charge in [-0.3, -0.25) is 0 Å². The third-order valence-electron chi connectivity index (χ3n) is 17.2. The Kier molecular flexibility index (Phi) is 41.6. The van der Waals surface area contributed by atoms with Crippen molar-refractivity contribution < 1.29 is 118 Å². The fourth-order valence-corrected chi connectivity index (χ4v) is 11.6. The van der Waals surface area contributed by atoms with E-state index in [1.807, 2.05) is 224 Å². The molecule has 0 fully saturated rings. The number of aryl methyl sites for hydroxylation is 7. The van der Waals surface area contributed by atoms with Crippen LogP contribution in [-0.4, -0.2) is 79.6 Å². The number of carbonyl (C=O) groups excluding carboxylic acids is 6. The first-order chi connectivity index (χ1) is 60.2. The molecule has 0 N–H and O–H groups in total. The van der Waals surface area contributed by atoms with E-state index in [0.29, 0.717) is 70.7 Å². The van der Waals surface area contributed by atoms with Crippen LogP contribution in [0.15, 0.2) is 265 Å². The highest BCUT2D eigenvalue weighted by Gasteiger charge is 2.20. The molecule has 0 bridgehead atoms. The molecule has 0 spiro atoms. The van der Waals surface area contributed by atoms with Gasteiger partial charge in [-0.15, -0.1) is 0 Å². The summed E-state index contributed by atoms with van der Waals surface area (Å²) < 4.78 is 107. The van der Waals surface area contributed by atoms with Crippen LogP contribution in [0.1, 0.15) is 72.3 Å². The van der Waals surface area contributed by atoms with Crippen LogP contribution >= 0.6 is 50.1 Å². The predicted octanol–water partition coefficient (Wildman–Crippen LogP) is 24.8. The molecular formula is C97H94BrClFIO24. The molecule has 0 aliphatic carbocycles. The molecule has 28 heteroatoms. The molecule has 12 aromatic carbocycles. The molecule has 0 saturated carbocycles. The fourth-order valence-electron chi connectivity index (χ4n) is 10.3. The molecule has 0 saturated heterocycles. The van der Waals surface area contributed by atoms with E-state index >= 15 is 0 Å². The number of rotatable bonds is 24. The van der Waals surface area contributed by atoms with Crippen molar-refractivity contribution in [2.24, 2.45) is 0 Å². The molecule has 0 aliphatic heterocycles. The maximum absolute atomic E-state index is 13.9. The minimum atomic E-state index is -0.905. The van der Waals surface area contributed by atoms with Gasteiger partial charge < -0.3 is 85.3 Å². The zero-order valence-electron chi connectivity index (χ0n) is 70.9. The maximum Gasteiger partial charge on any atom is 0.513 e. The molecule has 0 aromatic heterocycles. The molecular weight excluding hydrogens is 1810 g/mol. The standard InChI is InChI=1S/C17H18O4.C16H15BrO4.C16H15ClO4.C16H15FO4.C16H15IO4.C16H16O4/c1-12-7-9-14(10-8-12)20-11-15-13(2)5-4-6-16(15)21-17(18)19-3;4*1-11-6-8-12(9-7-11)20-10-13-14(17)4-3-5-15(13)21-16(18)19-2;1-12-7-9-14(10-8-12)19-11-13-5-3-4-6-15(13)20-16(17)18-2/h4-10H,11H2,1-3H3;4*3-9H,10H2,1-2H3;3-10H,11H2,1-2H3. The van der Waals surface area contributed by atoms with Crippen molar-refractivity contribution in [3.63, 3.8) is 0 Å². The number of ether oxygens (including phenoxy) is 18. The van der Waals surface area contributed by atoms with Crippen molar-refractivity contribution in [2.45, 2.75) is 88.1 Å². The molecule has 125 heavy (non-hydrogen) atoms. The summed E-state index contributed by atoms with van der Waals surface area (Å²) in [7, 11) is 7.52. The lowest BCUT2D eigenvalue weighted by Gasteiger charge is -2.13. The van der Waals surface area contributed by atoms with Gasteiger partial charge in [0.2, 0.25) is 0 Å². The lowest BCUT2D eigenvalue weighted by atomic mass is 10.1. The summed E-state index contributed by atoms with van der Waals surface area (Å²) in [5, 5.41) is 0.462. The van der Waals surface area contributed by atoms with E-state index in [-0.39, 0.29) is 31.1 Å². The van der Waals surface area contributed by atoms with E-state index in [2.05, 4.69) is 66.9 Å². The van der Waals surface area contributed by atoms with Gasteiger partial charge in [-0.25, -0.2) is 33.2 Å². The van der Waals surface area contributed by atoms with Gasteiger partial charge in [0.1, 0.15) is 114 Å². The van der Waals surface area contributed by atoms with Gasteiger partial charge in [-0.05, 0) is 210 Å². The second-order valence-corrected chi connectivity index (χ2v) is 28.9. The van der Waals surface area contributed by atoms with Crippen molar-refractivity contribution in [2.75, 3.05) is 42.7 Å². The lowest BCUT2D eigenvalue weighted by molar-refractivity contribution is 0.119. The Morgan fingerprint density at radius 3 is 0.912 bits per heavy atom. The average Bonchev–Trinajstić information content (AvgIpc) is 0.865. The normalized spacial score (nSPS) is 10.0. The second-order valence-electron chi connectivity index (χ2n) is 26.5. The topological polar surface area (TPSA) is 269 Å². The first kappa shape index (κ1) is 98.6. The summed E-state index contributed by atoms with van der Waals surface area (Å²) in [6.45, 7) is 15.3. The van der Waals surface area contributed by atoms with Gasteiger partial charge >= 0.3 is 36.9 Å².